The maximum absolute atomic E-state index is 6.06. The highest BCUT2D eigenvalue weighted by molar-refractivity contribution is 9.09. The molecule has 4 heteroatoms. The first-order valence-corrected chi connectivity index (χ1v) is 8.24. The molecule has 0 spiro atoms. The molecule has 0 N–H and O–H groups in total. The molecule has 0 saturated heterocycles. The van der Waals surface area contributed by atoms with E-state index >= 15 is 0 Å². The van der Waals surface area contributed by atoms with Crippen molar-refractivity contribution in [1.82, 2.24) is 4.90 Å². The predicted molar refractivity (Wildman–Crippen MR) is 85.0 cm³/mol. The summed E-state index contributed by atoms with van der Waals surface area (Å²) in [7, 11) is 0. The first-order valence-electron chi connectivity index (χ1n) is 6.36. The van der Waals surface area contributed by atoms with Crippen LogP contribution in [0.25, 0.3) is 0 Å². The third kappa shape index (κ3) is 4.73. The highest BCUT2D eigenvalue weighted by Gasteiger charge is 2.15. The van der Waals surface area contributed by atoms with Gasteiger partial charge in [0, 0.05) is 24.5 Å². The molecule has 1 aromatic rings. The second-order valence-electron chi connectivity index (χ2n) is 4.38. The maximum Gasteiger partial charge on any atom is 0.0595 e. The smallest absolute Gasteiger partial charge is 0.0595 e. The fourth-order valence-corrected chi connectivity index (χ4v) is 2.95. The van der Waals surface area contributed by atoms with Gasteiger partial charge in [0.1, 0.15) is 0 Å². The standard InChI is InChI=1S/C14H20BrCl2N/c1-3-12(4-2)18(8-7-15)10-11-5-6-13(16)14(17)9-11/h5-6,9,12H,3-4,7-8,10H2,1-2H3. The molecule has 1 aromatic carbocycles. The summed E-state index contributed by atoms with van der Waals surface area (Å²) in [5.41, 5.74) is 1.22. The number of hydrogen-bond donors (Lipinski definition) is 0. The van der Waals surface area contributed by atoms with Crippen LogP contribution in [0.15, 0.2) is 18.2 Å². The van der Waals surface area contributed by atoms with Crippen molar-refractivity contribution in [3.63, 3.8) is 0 Å². The van der Waals surface area contributed by atoms with Crippen molar-refractivity contribution in [1.29, 1.82) is 0 Å². The lowest BCUT2D eigenvalue weighted by atomic mass is 10.1. The summed E-state index contributed by atoms with van der Waals surface area (Å²) < 4.78 is 0. The van der Waals surface area contributed by atoms with Crippen LogP contribution >= 0.6 is 39.1 Å². The van der Waals surface area contributed by atoms with Gasteiger partial charge in [-0.05, 0) is 30.5 Å². The van der Waals surface area contributed by atoms with Crippen LogP contribution in [0.3, 0.4) is 0 Å². The number of rotatable bonds is 7. The maximum atomic E-state index is 6.06. The Kier molecular flexibility index (Phi) is 7.62. The zero-order chi connectivity index (χ0) is 13.5. The second kappa shape index (κ2) is 8.42. The lowest BCUT2D eigenvalue weighted by molar-refractivity contribution is 0.189. The predicted octanol–water partition coefficient (Wildman–Crippen LogP) is 5.38. The van der Waals surface area contributed by atoms with E-state index in [1.54, 1.807) is 0 Å². The third-order valence-corrected chi connectivity index (χ3v) is 4.29. The summed E-state index contributed by atoms with van der Waals surface area (Å²) in [4.78, 5) is 2.49. The molecule has 102 valence electrons. The molecule has 0 aliphatic heterocycles. The van der Waals surface area contributed by atoms with Crippen molar-refractivity contribution < 1.29 is 0 Å². The fraction of sp³-hybridized carbons (Fsp3) is 0.571. The van der Waals surface area contributed by atoms with E-state index in [1.165, 1.54) is 18.4 Å². The lowest BCUT2D eigenvalue weighted by Gasteiger charge is -2.30. The Morgan fingerprint density at radius 2 is 1.83 bits per heavy atom. The quantitative estimate of drug-likeness (QED) is 0.595. The van der Waals surface area contributed by atoms with Crippen molar-refractivity contribution in [2.45, 2.75) is 39.3 Å². The molecular formula is C14H20BrCl2N. The van der Waals surface area contributed by atoms with Gasteiger partial charge in [0.15, 0.2) is 0 Å². The van der Waals surface area contributed by atoms with Gasteiger partial charge in [0.2, 0.25) is 0 Å². The SMILES string of the molecule is CCC(CC)N(CCBr)Cc1ccc(Cl)c(Cl)c1. The molecule has 0 bridgehead atoms. The van der Waals surface area contributed by atoms with Crippen LogP contribution in [0.1, 0.15) is 32.3 Å². The van der Waals surface area contributed by atoms with Crippen molar-refractivity contribution in [2.75, 3.05) is 11.9 Å². The molecule has 0 radical (unpaired) electrons. The summed E-state index contributed by atoms with van der Waals surface area (Å²) in [5.74, 6) is 0. The molecule has 1 rings (SSSR count). The number of halogens is 3. The Hall–Kier alpha value is 0.240. The molecule has 0 aliphatic carbocycles. The van der Waals surface area contributed by atoms with Crippen molar-refractivity contribution >= 4 is 39.1 Å². The van der Waals surface area contributed by atoms with Crippen LogP contribution in [0, 0.1) is 0 Å². The second-order valence-corrected chi connectivity index (χ2v) is 5.99. The molecule has 0 heterocycles. The molecule has 18 heavy (non-hydrogen) atoms. The topological polar surface area (TPSA) is 3.24 Å². The highest BCUT2D eigenvalue weighted by atomic mass is 79.9. The average Bonchev–Trinajstić information content (AvgIpc) is 2.35. The number of nitrogens with zero attached hydrogens (tertiary/aromatic N) is 1. The van der Waals surface area contributed by atoms with Crippen LogP contribution in [-0.4, -0.2) is 22.8 Å². The fourth-order valence-electron chi connectivity index (χ4n) is 2.18. The van der Waals surface area contributed by atoms with E-state index in [9.17, 15) is 0 Å². The van der Waals surface area contributed by atoms with E-state index in [1.807, 2.05) is 12.1 Å². The minimum Gasteiger partial charge on any atom is -0.295 e. The minimum absolute atomic E-state index is 0.620. The van der Waals surface area contributed by atoms with Crippen LogP contribution in [-0.2, 0) is 6.54 Å². The molecular weight excluding hydrogens is 333 g/mol. The summed E-state index contributed by atoms with van der Waals surface area (Å²) in [6, 6.07) is 6.51. The van der Waals surface area contributed by atoms with Crippen molar-refractivity contribution in [2.24, 2.45) is 0 Å². The molecule has 0 amide bonds. The Morgan fingerprint density at radius 3 is 2.33 bits per heavy atom. The number of alkyl halides is 1. The van der Waals surface area contributed by atoms with Gasteiger partial charge in [-0.25, -0.2) is 0 Å². The van der Waals surface area contributed by atoms with Gasteiger partial charge in [0.05, 0.1) is 10.0 Å². The zero-order valence-electron chi connectivity index (χ0n) is 10.9. The molecule has 1 nitrogen and oxygen atoms in total. The van der Waals surface area contributed by atoms with E-state index in [0.29, 0.717) is 16.1 Å². The summed E-state index contributed by atoms with van der Waals surface area (Å²) in [6.45, 7) is 6.45. The van der Waals surface area contributed by atoms with Crippen LogP contribution in [0.5, 0.6) is 0 Å². The lowest BCUT2D eigenvalue weighted by Crippen LogP contribution is -2.35. The molecule has 0 aromatic heterocycles. The van der Waals surface area contributed by atoms with Gasteiger partial charge in [-0.3, -0.25) is 4.90 Å². The monoisotopic (exact) mass is 351 g/mol. The Labute approximate surface area is 129 Å². The normalized spacial score (nSPS) is 11.5. The summed E-state index contributed by atoms with van der Waals surface area (Å²) >= 11 is 15.5. The van der Waals surface area contributed by atoms with Crippen LogP contribution in [0.2, 0.25) is 10.0 Å². The van der Waals surface area contributed by atoms with Gasteiger partial charge in [-0.1, -0.05) is 59.0 Å². The van der Waals surface area contributed by atoms with Gasteiger partial charge in [-0.2, -0.15) is 0 Å². The van der Waals surface area contributed by atoms with Crippen LogP contribution < -0.4 is 0 Å². The molecule has 0 aliphatic rings. The minimum atomic E-state index is 0.620. The van der Waals surface area contributed by atoms with Crippen molar-refractivity contribution in [3.05, 3.63) is 33.8 Å². The van der Waals surface area contributed by atoms with E-state index in [4.69, 9.17) is 23.2 Å². The largest absolute Gasteiger partial charge is 0.295 e. The molecule has 0 atom stereocenters. The first kappa shape index (κ1) is 16.3. The van der Waals surface area contributed by atoms with E-state index in [-0.39, 0.29) is 0 Å². The van der Waals surface area contributed by atoms with Crippen LogP contribution in [0.4, 0.5) is 0 Å². The first-order chi connectivity index (χ1) is 8.62. The van der Waals surface area contributed by atoms with Gasteiger partial charge in [-0.15, -0.1) is 0 Å². The van der Waals surface area contributed by atoms with Gasteiger partial charge in [0.25, 0.3) is 0 Å². The van der Waals surface area contributed by atoms with Gasteiger partial charge < -0.3 is 0 Å². The zero-order valence-corrected chi connectivity index (χ0v) is 14.0. The number of hydrogen-bond acceptors (Lipinski definition) is 1. The number of benzene rings is 1. The van der Waals surface area contributed by atoms with E-state index < -0.39 is 0 Å². The summed E-state index contributed by atoms with van der Waals surface area (Å²) in [6.07, 6.45) is 2.34. The van der Waals surface area contributed by atoms with E-state index in [0.717, 1.165) is 18.4 Å². The van der Waals surface area contributed by atoms with Crippen molar-refractivity contribution in [3.8, 4) is 0 Å². The average molecular weight is 353 g/mol. The third-order valence-electron chi connectivity index (χ3n) is 3.20. The Bertz CT molecular complexity index is 367. The Morgan fingerprint density at radius 1 is 1.17 bits per heavy atom. The summed E-state index contributed by atoms with van der Waals surface area (Å²) in [5, 5.41) is 2.25. The molecule has 0 fully saturated rings. The molecule has 0 unspecified atom stereocenters. The van der Waals surface area contributed by atoms with Gasteiger partial charge >= 0.3 is 0 Å². The molecule has 0 saturated carbocycles. The highest BCUT2D eigenvalue weighted by Crippen LogP contribution is 2.24. The Balaban J connectivity index is 2.78. The van der Waals surface area contributed by atoms with E-state index in [2.05, 4.69) is 40.7 Å².